The van der Waals surface area contributed by atoms with Crippen LogP contribution in [0.4, 0.5) is 0 Å². The van der Waals surface area contributed by atoms with Crippen LogP contribution in [0.2, 0.25) is 0 Å². The summed E-state index contributed by atoms with van der Waals surface area (Å²) in [5.74, 6) is -0.207. The number of ether oxygens (including phenoxy) is 1. The highest BCUT2D eigenvalue weighted by Crippen LogP contribution is 2.18. The summed E-state index contributed by atoms with van der Waals surface area (Å²) in [4.78, 5) is 11.2. The maximum atomic E-state index is 11.2. The van der Waals surface area contributed by atoms with Gasteiger partial charge in [-0.2, -0.15) is 0 Å². The number of esters is 1. The first-order valence-electron chi connectivity index (χ1n) is 5.05. The van der Waals surface area contributed by atoms with E-state index in [2.05, 4.69) is 20.8 Å². The summed E-state index contributed by atoms with van der Waals surface area (Å²) in [5, 5.41) is 0. The summed E-state index contributed by atoms with van der Waals surface area (Å²) in [6.45, 7) is 10.5. The normalized spacial score (nSPS) is 12.7. The molecule has 0 bridgehead atoms. The van der Waals surface area contributed by atoms with Gasteiger partial charge in [0.05, 0.1) is 13.0 Å². The Morgan fingerprint density at radius 2 is 1.71 bits per heavy atom. The van der Waals surface area contributed by atoms with Gasteiger partial charge in [0.25, 0.3) is 0 Å². The summed E-state index contributed by atoms with van der Waals surface area (Å²) in [6, 6.07) is 0. The molecule has 84 valence electrons. The van der Waals surface area contributed by atoms with Gasteiger partial charge in [0.2, 0.25) is 0 Å². The lowest BCUT2D eigenvalue weighted by atomic mass is 9.93. The number of hydrogen-bond acceptors (Lipinski definition) is 3. The zero-order valence-corrected chi connectivity index (χ0v) is 10.0. The van der Waals surface area contributed by atoms with Crippen LogP contribution in [0.5, 0.6) is 0 Å². The fraction of sp³-hybridized carbons (Fsp3) is 0.909. The fourth-order valence-electron chi connectivity index (χ4n) is 0.894. The molecule has 0 aromatic heterocycles. The van der Waals surface area contributed by atoms with Gasteiger partial charge in [-0.05, 0) is 25.7 Å². The molecule has 0 atom stereocenters. The van der Waals surface area contributed by atoms with Gasteiger partial charge in [-0.15, -0.1) is 0 Å². The van der Waals surface area contributed by atoms with E-state index in [0.29, 0.717) is 6.61 Å². The van der Waals surface area contributed by atoms with Crippen LogP contribution in [0.1, 0.15) is 47.5 Å². The van der Waals surface area contributed by atoms with Crippen LogP contribution < -0.4 is 5.73 Å². The van der Waals surface area contributed by atoms with E-state index in [1.54, 1.807) is 0 Å². The summed E-state index contributed by atoms with van der Waals surface area (Å²) in [5.41, 5.74) is 5.43. The fourth-order valence-corrected chi connectivity index (χ4v) is 0.894. The first-order valence-corrected chi connectivity index (χ1v) is 5.05. The van der Waals surface area contributed by atoms with Gasteiger partial charge in [0.15, 0.2) is 0 Å². The first kappa shape index (κ1) is 13.4. The van der Waals surface area contributed by atoms with Crippen molar-refractivity contribution in [3.63, 3.8) is 0 Å². The summed E-state index contributed by atoms with van der Waals surface area (Å²) in [7, 11) is 0. The van der Waals surface area contributed by atoms with E-state index in [1.165, 1.54) is 0 Å². The Balaban J connectivity index is 3.66. The molecule has 0 aliphatic carbocycles. The quantitative estimate of drug-likeness (QED) is 0.709. The van der Waals surface area contributed by atoms with E-state index in [0.717, 1.165) is 6.42 Å². The topological polar surface area (TPSA) is 52.3 Å². The van der Waals surface area contributed by atoms with E-state index in [9.17, 15) is 4.79 Å². The third-order valence-corrected chi connectivity index (χ3v) is 1.72. The first-order chi connectivity index (χ1) is 6.10. The Morgan fingerprint density at radius 3 is 2.07 bits per heavy atom. The maximum Gasteiger partial charge on any atom is 0.307 e. The minimum atomic E-state index is -0.473. The number of carbonyl (C=O) groups is 1. The second kappa shape index (κ2) is 4.78. The van der Waals surface area contributed by atoms with E-state index < -0.39 is 5.54 Å². The average molecular weight is 201 g/mol. The minimum Gasteiger partial charge on any atom is -0.466 e. The second-order valence-corrected chi connectivity index (χ2v) is 5.70. The smallest absolute Gasteiger partial charge is 0.307 e. The Labute approximate surface area is 87.0 Å². The lowest BCUT2D eigenvalue weighted by molar-refractivity contribution is -0.145. The molecule has 0 aliphatic rings. The molecule has 0 aromatic rings. The monoisotopic (exact) mass is 201 g/mol. The van der Waals surface area contributed by atoms with Crippen molar-refractivity contribution in [1.82, 2.24) is 0 Å². The standard InChI is InChI=1S/C11H23NO2/c1-10(2,3)6-7-14-9(13)8-11(4,5)12/h6-8,12H2,1-5H3. The number of carbonyl (C=O) groups excluding carboxylic acids is 1. The molecule has 0 saturated carbocycles. The Bertz CT molecular complexity index is 186. The van der Waals surface area contributed by atoms with Crippen molar-refractivity contribution in [1.29, 1.82) is 0 Å². The largest absolute Gasteiger partial charge is 0.466 e. The van der Waals surface area contributed by atoms with Crippen LogP contribution in [0.15, 0.2) is 0 Å². The molecule has 14 heavy (non-hydrogen) atoms. The van der Waals surface area contributed by atoms with Crippen LogP contribution in [0.25, 0.3) is 0 Å². The molecule has 3 heteroatoms. The van der Waals surface area contributed by atoms with Gasteiger partial charge in [0.1, 0.15) is 0 Å². The van der Waals surface area contributed by atoms with Crippen LogP contribution >= 0.6 is 0 Å². The third kappa shape index (κ3) is 9.52. The molecular formula is C11H23NO2. The van der Waals surface area contributed by atoms with Gasteiger partial charge >= 0.3 is 5.97 Å². The highest BCUT2D eigenvalue weighted by Gasteiger charge is 2.18. The molecule has 0 rings (SSSR count). The number of rotatable bonds is 4. The molecule has 0 fully saturated rings. The maximum absolute atomic E-state index is 11.2. The van der Waals surface area contributed by atoms with Crippen molar-refractivity contribution >= 4 is 5.97 Å². The van der Waals surface area contributed by atoms with E-state index in [-0.39, 0.29) is 17.8 Å². The second-order valence-electron chi connectivity index (χ2n) is 5.70. The zero-order chi connectivity index (χ0) is 11.4. The van der Waals surface area contributed by atoms with Gasteiger partial charge in [-0.3, -0.25) is 4.79 Å². The summed E-state index contributed by atoms with van der Waals surface area (Å²) < 4.78 is 5.08. The predicted octanol–water partition coefficient (Wildman–Crippen LogP) is 2.09. The van der Waals surface area contributed by atoms with Crippen molar-refractivity contribution in [3.8, 4) is 0 Å². The molecule has 2 N–H and O–H groups in total. The molecule has 0 heterocycles. The van der Waals surface area contributed by atoms with Crippen LogP contribution in [-0.4, -0.2) is 18.1 Å². The van der Waals surface area contributed by atoms with E-state index in [1.807, 2.05) is 13.8 Å². The SMILES string of the molecule is CC(C)(C)CCOC(=O)CC(C)(C)N. The molecule has 3 nitrogen and oxygen atoms in total. The Kier molecular flexibility index (Phi) is 4.59. The summed E-state index contributed by atoms with van der Waals surface area (Å²) in [6.07, 6.45) is 1.15. The summed E-state index contributed by atoms with van der Waals surface area (Å²) >= 11 is 0. The molecule has 0 amide bonds. The van der Waals surface area contributed by atoms with Crippen molar-refractivity contribution < 1.29 is 9.53 Å². The molecule has 0 unspecified atom stereocenters. The van der Waals surface area contributed by atoms with Gasteiger partial charge in [0, 0.05) is 5.54 Å². The zero-order valence-electron chi connectivity index (χ0n) is 10.0. The Hall–Kier alpha value is -0.570. The minimum absolute atomic E-state index is 0.207. The van der Waals surface area contributed by atoms with Gasteiger partial charge < -0.3 is 10.5 Å². The van der Waals surface area contributed by atoms with Gasteiger partial charge in [-0.25, -0.2) is 0 Å². The van der Waals surface area contributed by atoms with Gasteiger partial charge in [-0.1, -0.05) is 20.8 Å². The molecule has 0 aliphatic heterocycles. The van der Waals surface area contributed by atoms with Crippen molar-refractivity contribution in [2.45, 2.75) is 53.0 Å². The molecule has 0 radical (unpaired) electrons. The third-order valence-electron chi connectivity index (χ3n) is 1.72. The number of hydrogen-bond donors (Lipinski definition) is 1. The predicted molar refractivity (Wildman–Crippen MR) is 57.9 cm³/mol. The lowest BCUT2D eigenvalue weighted by Gasteiger charge is -2.20. The highest BCUT2D eigenvalue weighted by molar-refractivity contribution is 5.70. The van der Waals surface area contributed by atoms with Crippen molar-refractivity contribution in [2.24, 2.45) is 11.1 Å². The number of nitrogens with two attached hydrogens (primary N) is 1. The van der Waals surface area contributed by atoms with Crippen LogP contribution in [0.3, 0.4) is 0 Å². The molecule has 0 aromatic carbocycles. The van der Waals surface area contributed by atoms with Crippen molar-refractivity contribution in [2.75, 3.05) is 6.61 Å². The Morgan fingerprint density at radius 1 is 1.21 bits per heavy atom. The van der Waals surface area contributed by atoms with E-state index in [4.69, 9.17) is 10.5 Å². The highest BCUT2D eigenvalue weighted by atomic mass is 16.5. The van der Waals surface area contributed by atoms with Crippen molar-refractivity contribution in [3.05, 3.63) is 0 Å². The molecule has 0 saturated heterocycles. The van der Waals surface area contributed by atoms with Crippen LogP contribution in [0, 0.1) is 5.41 Å². The lowest BCUT2D eigenvalue weighted by Crippen LogP contribution is -2.35. The van der Waals surface area contributed by atoms with Crippen LogP contribution in [-0.2, 0) is 9.53 Å². The average Bonchev–Trinajstić information content (AvgIpc) is 1.78. The van der Waals surface area contributed by atoms with E-state index >= 15 is 0 Å². The molecule has 0 spiro atoms. The molecular weight excluding hydrogens is 178 g/mol.